The first kappa shape index (κ1) is 15.9. The zero-order chi connectivity index (χ0) is 15.3. The topological polar surface area (TPSA) is 124 Å². The van der Waals surface area contributed by atoms with Crippen molar-refractivity contribution < 1.29 is 24.3 Å². The molecule has 3 N–H and O–H groups in total. The Balaban J connectivity index is 3.04. The molecule has 20 heavy (non-hydrogen) atoms. The first-order valence-electron chi connectivity index (χ1n) is 5.63. The normalized spacial score (nSPS) is 14.4. The number of carboxylic acid groups (broad SMARTS) is 1. The van der Waals surface area contributed by atoms with Crippen LogP contribution in [0.1, 0.15) is 26.0 Å². The summed E-state index contributed by atoms with van der Waals surface area (Å²) in [6, 6.07) is 0. The van der Waals surface area contributed by atoms with Crippen LogP contribution in [0.3, 0.4) is 0 Å². The van der Waals surface area contributed by atoms with Crippen molar-refractivity contribution in [1.29, 1.82) is 0 Å². The number of ether oxygens (including phenoxy) is 1. The fourth-order valence-corrected chi connectivity index (χ4v) is 1.75. The van der Waals surface area contributed by atoms with E-state index in [4.69, 9.17) is 15.7 Å². The zero-order valence-electron chi connectivity index (χ0n) is 11.2. The summed E-state index contributed by atoms with van der Waals surface area (Å²) in [4.78, 5) is 31.6. The highest BCUT2D eigenvalue weighted by molar-refractivity contribution is 7.13. The summed E-state index contributed by atoms with van der Waals surface area (Å²) in [5.41, 5.74) is 3.72. The highest BCUT2D eigenvalue weighted by Gasteiger charge is 2.36. The van der Waals surface area contributed by atoms with Gasteiger partial charge in [0.05, 0.1) is 7.11 Å². The second-order valence-corrected chi connectivity index (χ2v) is 4.87. The fraction of sp³-hybridized carbons (Fsp3) is 0.455. The van der Waals surface area contributed by atoms with E-state index in [0.717, 1.165) is 11.3 Å². The molecule has 0 spiro atoms. The minimum atomic E-state index is -1.36. The van der Waals surface area contributed by atoms with Gasteiger partial charge in [0.25, 0.3) is 0 Å². The van der Waals surface area contributed by atoms with Gasteiger partial charge in [0.15, 0.2) is 5.13 Å². The highest BCUT2D eigenvalue weighted by Crippen LogP contribution is 2.19. The number of esters is 1. The molecule has 0 aliphatic rings. The Labute approximate surface area is 119 Å². The summed E-state index contributed by atoms with van der Waals surface area (Å²) in [6.07, 6.45) is 0.259. The maximum absolute atomic E-state index is 11.6. The molecule has 9 heteroatoms. The summed E-state index contributed by atoms with van der Waals surface area (Å²) in [5.74, 6) is -1.98. The van der Waals surface area contributed by atoms with Crippen LogP contribution in [0, 0.1) is 0 Å². The van der Waals surface area contributed by atoms with Crippen molar-refractivity contribution in [1.82, 2.24) is 4.98 Å². The summed E-state index contributed by atoms with van der Waals surface area (Å²) in [5, 5.41) is 14.3. The quantitative estimate of drug-likeness (QED) is 0.454. The maximum Gasteiger partial charge on any atom is 0.360 e. The number of carbonyl (C=O) groups is 2. The van der Waals surface area contributed by atoms with Crippen LogP contribution in [0.2, 0.25) is 0 Å². The number of nitrogens with zero attached hydrogens (tertiary/aromatic N) is 2. The van der Waals surface area contributed by atoms with Gasteiger partial charge in [-0.2, -0.15) is 0 Å². The molecule has 1 atom stereocenters. The standard InChI is InChI=1S/C11H15N3O5S/c1-4-11(2,9(17)18-3)19-14-7(8(15)16)6-5-20-10(12)13-6/h5H,4H2,1-3H3,(H2,12,13)(H,15,16)/b14-7+. The van der Waals surface area contributed by atoms with Crippen molar-refractivity contribution in [2.45, 2.75) is 25.9 Å². The van der Waals surface area contributed by atoms with E-state index in [1.807, 2.05) is 0 Å². The molecule has 1 aromatic rings. The van der Waals surface area contributed by atoms with E-state index in [1.165, 1.54) is 19.4 Å². The number of nitrogen functional groups attached to an aromatic ring is 1. The molecule has 8 nitrogen and oxygen atoms in total. The van der Waals surface area contributed by atoms with Crippen molar-refractivity contribution in [3.05, 3.63) is 11.1 Å². The van der Waals surface area contributed by atoms with Gasteiger partial charge in [-0.25, -0.2) is 14.6 Å². The third-order valence-electron chi connectivity index (χ3n) is 2.60. The Morgan fingerprint density at radius 1 is 1.60 bits per heavy atom. The smallest absolute Gasteiger partial charge is 0.360 e. The molecule has 0 fully saturated rings. The van der Waals surface area contributed by atoms with E-state index >= 15 is 0 Å². The molecule has 0 radical (unpaired) electrons. The van der Waals surface area contributed by atoms with Gasteiger partial charge in [-0.05, 0) is 13.3 Å². The Hall–Kier alpha value is -2.16. The predicted molar refractivity (Wildman–Crippen MR) is 72.5 cm³/mol. The number of thiazole rings is 1. The van der Waals surface area contributed by atoms with E-state index in [-0.39, 0.29) is 17.2 Å². The molecule has 0 aromatic carbocycles. The van der Waals surface area contributed by atoms with E-state index in [0.29, 0.717) is 0 Å². The second-order valence-electron chi connectivity index (χ2n) is 3.98. The molecule has 1 unspecified atom stereocenters. The zero-order valence-corrected chi connectivity index (χ0v) is 12.1. The first-order chi connectivity index (χ1) is 9.34. The minimum absolute atomic E-state index is 0.0725. The van der Waals surface area contributed by atoms with Crippen LogP contribution < -0.4 is 5.73 Å². The van der Waals surface area contributed by atoms with Gasteiger partial charge in [0, 0.05) is 5.38 Å². The van der Waals surface area contributed by atoms with Crippen molar-refractivity contribution >= 4 is 34.1 Å². The molecule has 0 amide bonds. The van der Waals surface area contributed by atoms with Crippen molar-refractivity contribution in [2.24, 2.45) is 5.16 Å². The van der Waals surface area contributed by atoms with Crippen LogP contribution in [0.25, 0.3) is 0 Å². The third kappa shape index (κ3) is 3.44. The van der Waals surface area contributed by atoms with Gasteiger partial charge in [-0.3, -0.25) is 0 Å². The second kappa shape index (κ2) is 6.33. The molecule has 1 heterocycles. The van der Waals surface area contributed by atoms with E-state index in [9.17, 15) is 9.59 Å². The Morgan fingerprint density at radius 3 is 2.65 bits per heavy atom. The molecule has 0 aliphatic carbocycles. The predicted octanol–water partition coefficient (Wildman–Crippen LogP) is 0.872. The number of hydrogen-bond acceptors (Lipinski definition) is 8. The molecule has 0 saturated carbocycles. The van der Waals surface area contributed by atoms with Gasteiger partial charge in [-0.1, -0.05) is 12.1 Å². The number of aliphatic carboxylic acids is 1. The van der Waals surface area contributed by atoms with Crippen LogP contribution in [0.4, 0.5) is 5.13 Å². The Bertz CT molecular complexity index is 542. The third-order valence-corrected chi connectivity index (χ3v) is 3.27. The average Bonchev–Trinajstić information content (AvgIpc) is 2.83. The summed E-state index contributed by atoms with van der Waals surface area (Å²) in [7, 11) is 1.21. The molecule has 1 rings (SSSR count). The van der Waals surface area contributed by atoms with Gasteiger partial charge in [0.1, 0.15) is 5.69 Å². The van der Waals surface area contributed by atoms with Crippen molar-refractivity contribution in [3.63, 3.8) is 0 Å². The van der Waals surface area contributed by atoms with Crippen molar-refractivity contribution in [3.8, 4) is 0 Å². The number of carbonyl (C=O) groups excluding carboxylic acids is 1. The highest BCUT2D eigenvalue weighted by atomic mass is 32.1. The monoisotopic (exact) mass is 301 g/mol. The number of aromatic nitrogens is 1. The lowest BCUT2D eigenvalue weighted by Gasteiger charge is -2.22. The Kier molecular flexibility index (Phi) is 5.03. The molecule has 0 aliphatic heterocycles. The van der Waals surface area contributed by atoms with E-state index in [2.05, 4.69) is 14.9 Å². The molecular formula is C11H15N3O5S. The molecule has 0 saturated heterocycles. The van der Waals surface area contributed by atoms with Crippen LogP contribution >= 0.6 is 11.3 Å². The van der Waals surface area contributed by atoms with Gasteiger partial charge in [0.2, 0.25) is 11.3 Å². The number of carboxylic acids is 1. The Morgan fingerprint density at radius 2 is 2.25 bits per heavy atom. The van der Waals surface area contributed by atoms with E-state index < -0.39 is 23.3 Å². The maximum atomic E-state index is 11.6. The molecule has 110 valence electrons. The minimum Gasteiger partial charge on any atom is -0.476 e. The van der Waals surface area contributed by atoms with Gasteiger partial charge in [-0.15, -0.1) is 11.3 Å². The van der Waals surface area contributed by atoms with E-state index in [1.54, 1.807) is 6.92 Å². The summed E-state index contributed by atoms with van der Waals surface area (Å²) >= 11 is 1.08. The van der Waals surface area contributed by atoms with Gasteiger partial charge >= 0.3 is 11.9 Å². The molecule has 0 bridgehead atoms. The SMILES string of the molecule is CCC(C)(O/N=C(/C(=O)O)c1csc(N)n1)C(=O)OC. The number of nitrogens with two attached hydrogens (primary N) is 1. The largest absolute Gasteiger partial charge is 0.476 e. The van der Waals surface area contributed by atoms with Crippen LogP contribution in [-0.2, 0) is 19.2 Å². The van der Waals surface area contributed by atoms with Crippen LogP contribution in [0.5, 0.6) is 0 Å². The number of hydrogen-bond donors (Lipinski definition) is 2. The number of anilines is 1. The van der Waals surface area contributed by atoms with Crippen LogP contribution in [0.15, 0.2) is 10.5 Å². The van der Waals surface area contributed by atoms with Crippen molar-refractivity contribution in [2.75, 3.05) is 12.8 Å². The first-order valence-corrected chi connectivity index (χ1v) is 6.51. The molecular weight excluding hydrogens is 286 g/mol. The average molecular weight is 301 g/mol. The number of methoxy groups -OCH3 is 1. The summed E-state index contributed by atoms with van der Waals surface area (Å²) < 4.78 is 4.59. The summed E-state index contributed by atoms with van der Waals surface area (Å²) in [6.45, 7) is 3.14. The number of rotatable bonds is 6. The lowest BCUT2D eigenvalue weighted by atomic mass is 10.0. The molecule has 1 aromatic heterocycles. The lowest BCUT2D eigenvalue weighted by molar-refractivity contribution is -0.168. The lowest BCUT2D eigenvalue weighted by Crippen LogP contribution is -2.38. The number of oxime groups is 1. The van der Waals surface area contributed by atoms with Crippen LogP contribution in [-0.4, -0.2) is 40.5 Å². The fourth-order valence-electron chi connectivity index (χ4n) is 1.20. The van der Waals surface area contributed by atoms with Gasteiger partial charge < -0.3 is 20.4 Å².